The van der Waals surface area contributed by atoms with Gasteiger partial charge >= 0.3 is 12.0 Å². The summed E-state index contributed by atoms with van der Waals surface area (Å²) in [5.74, 6) is -1.25. The first-order chi connectivity index (χ1) is 19.0. The molecular weight excluding hydrogens is 514 g/mol. The second-order valence-corrected chi connectivity index (χ2v) is 9.53. The van der Waals surface area contributed by atoms with Gasteiger partial charge in [-0.2, -0.15) is 0 Å². The summed E-state index contributed by atoms with van der Waals surface area (Å²) in [5.41, 5.74) is 4.48. The molecule has 1 aromatic heterocycles. The maximum atomic E-state index is 13.0. The summed E-state index contributed by atoms with van der Waals surface area (Å²) in [4.78, 5) is 49.9. The number of ether oxygens (including phenoxy) is 1. The molecule has 3 aromatic rings. The summed E-state index contributed by atoms with van der Waals surface area (Å²) in [7, 11) is 3.19. The predicted octanol–water partition coefficient (Wildman–Crippen LogP) is 3.55. The molecule has 0 radical (unpaired) electrons. The molecule has 1 atom stereocenters. The highest BCUT2D eigenvalue weighted by Gasteiger charge is 2.21. The summed E-state index contributed by atoms with van der Waals surface area (Å²) < 4.78 is 7.20. The lowest BCUT2D eigenvalue weighted by molar-refractivity contribution is -0.142. The van der Waals surface area contributed by atoms with Crippen molar-refractivity contribution < 1.29 is 29.0 Å². The summed E-state index contributed by atoms with van der Waals surface area (Å²) in [6.45, 7) is 5.41. The average Bonchev–Trinajstić information content (AvgIpc) is 3.23. The van der Waals surface area contributed by atoms with E-state index in [9.17, 15) is 24.3 Å². The number of amides is 4. The number of carbonyl (C=O) groups excluding carboxylic acids is 3. The Hall–Kier alpha value is -4.80. The van der Waals surface area contributed by atoms with Gasteiger partial charge in [-0.15, -0.1) is 0 Å². The molecule has 0 saturated carbocycles. The number of nitrogens with one attached hydrogen (secondary N) is 3. The van der Waals surface area contributed by atoms with Crippen molar-refractivity contribution in [2.45, 2.75) is 46.3 Å². The van der Waals surface area contributed by atoms with Crippen molar-refractivity contribution in [3.05, 3.63) is 77.1 Å². The molecule has 1 heterocycles. The number of rotatable bonds is 11. The van der Waals surface area contributed by atoms with Gasteiger partial charge in [-0.25, -0.2) is 9.59 Å². The minimum absolute atomic E-state index is 0.0710. The van der Waals surface area contributed by atoms with Crippen LogP contribution in [0.25, 0.3) is 0 Å². The van der Waals surface area contributed by atoms with E-state index in [0.29, 0.717) is 29.2 Å². The van der Waals surface area contributed by atoms with Crippen LogP contribution in [0.5, 0.6) is 5.75 Å². The summed E-state index contributed by atoms with van der Waals surface area (Å²) >= 11 is 0. The molecule has 3 rings (SSSR count). The third-order valence-electron chi connectivity index (χ3n) is 6.50. The van der Waals surface area contributed by atoms with Gasteiger partial charge in [0.1, 0.15) is 11.8 Å². The number of methoxy groups -OCH3 is 1. The van der Waals surface area contributed by atoms with Gasteiger partial charge in [-0.1, -0.05) is 24.3 Å². The molecule has 11 nitrogen and oxygen atoms in total. The number of benzene rings is 2. The zero-order valence-electron chi connectivity index (χ0n) is 23.3. The summed E-state index contributed by atoms with van der Waals surface area (Å²) in [6.07, 6.45) is 1.86. The number of hydrogen-bond acceptors (Lipinski definition) is 5. The quantitative estimate of drug-likeness (QED) is 0.288. The van der Waals surface area contributed by atoms with Crippen LogP contribution >= 0.6 is 0 Å². The van der Waals surface area contributed by atoms with Crippen molar-refractivity contribution >= 4 is 35.2 Å². The van der Waals surface area contributed by atoms with Gasteiger partial charge in [0, 0.05) is 38.1 Å². The smallest absolute Gasteiger partial charge is 0.328 e. The van der Waals surface area contributed by atoms with Gasteiger partial charge in [0.25, 0.3) is 0 Å². The van der Waals surface area contributed by atoms with Crippen molar-refractivity contribution in [3.8, 4) is 5.75 Å². The number of aromatic nitrogens is 1. The number of para-hydroxylation sites is 1. The fourth-order valence-electron chi connectivity index (χ4n) is 4.18. The Morgan fingerprint density at radius 2 is 1.73 bits per heavy atom. The number of hydrogen-bond donors (Lipinski definition) is 4. The highest BCUT2D eigenvalue weighted by Crippen LogP contribution is 2.27. The first-order valence-corrected chi connectivity index (χ1v) is 12.7. The average molecular weight is 550 g/mol. The number of nitrogens with zero attached hydrogens (tertiary/aromatic N) is 2. The normalized spacial score (nSPS) is 11.3. The van der Waals surface area contributed by atoms with E-state index in [-0.39, 0.29) is 18.9 Å². The summed E-state index contributed by atoms with van der Waals surface area (Å²) in [6, 6.07) is 13.0. The van der Waals surface area contributed by atoms with Gasteiger partial charge in [0.05, 0.1) is 25.8 Å². The molecule has 0 aliphatic heterocycles. The van der Waals surface area contributed by atoms with E-state index in [4.69, 9.17) is 4.74 Å². The lowest BCUT2D eigenvalue weighted by Crippen LogP contribution is -2.42. The Morgan fingerprint density at radius 1 is 1.02 bits per heavy atom. The van der Waals surface area contributed by atoms with E-state index in [1.807, 2.05) is 44.2 Å². The van der Waals surface area contributed by atoms with Crippen LogP contribution in [0.3, 0.4) is 0 Å². The number of anilines is 2. The number of aryl methyl sites for hydroxylation is 1. The van der Waals surface area contributed by atoms with Crippen LogP contribution in [0.2, 0.25) is 0 Å². The first kappa shape index (κ1) is 29.8. The number of urea groups is 1. The van der Waals surface area contributed by atoms with E-state index in [1.54, 1.807) is 40.9 Å². The maximum Gasteiger partial charge on any atom is 0.328 e. The molecule has 0 saturated heterocycles. The minimum Gasteiger partial charge on any atom is -0.495 e. The zero-order chi connectivity index (χ0) is 29.4. The Morgan fingerprint density at radius 3 is 2.38 bits per heavy atom. The predicted molar refractivity (Wildman–Crippen MR) is 151 cm³/mol. The second-order valence-electron chi connectivity index (χ2n) is 9.53. The minimum atomic E-state index is -1.12. The Kier molecular flexibility index (Phi) is 9.91. The standard InChI is InChI=1S/C29H35N5O6/c1-18-8-6-7-9-23(18)31-29(39)32-24-11-10-21(14-26(24)40-5)15-27(36)33(4)16-22-12-13-34(19(22)2)17-25(28(37)38)30-20(3)35/h6-14,25H,15-17H2,1-5H3,(H,30,35)(H,37,38)(H2,31,32,39). The number of carboxylic acid groups (broad SMARTS) is 1. The molecule has 40 heavy (non-hydrogen) atoms. The van der Waals surface area contributed by atoms with Crippen molar-refractivity contribution in [2.75, 3.05) is 24.8 Å². The molecule has 11 heteroatoms. The summed E-state index contributed by atoms with van der Waals surface area (Å²) in [5, 5.41) is 17.4. The molecule has 0 aliphatic carbocycles. The lowest BCUT2D eigenvalue weighted by atomic mass is 10.1. The van der Waals surface area contributed by atoms with Crippen LogP contribution in [0.15, 0.2) is 54.7 Å². The highest BCUT2D eigenvalue weighted by molar-refractivity contribution is 6.01. The van der Waals surface area contributed by atoms with Crippen LogP contribution in [0.4, 0.5) is 16.2 Å². The molecule has 2 aromatic carbocycles. The SMILES string of the molecule is COc1cc(CC(=O)N(C)Cc2ccn(CC(NC(C)=O)C(=O)O)c2C)ccc1NC(=O)Nc1ccccc1C. The fourth-order valence-corrected chi connectivity index (χ4v) is 4.18. The third-order valence-corrected chi connectivity index (χ3v) is 6.50. The molecule has 0 spiro atoms. The topological polar surface area (TPSA) is 142 Å². The van der Waals surface area contributed by atoms with Gasteiger partial charge < -0.3 is 35.3 Å². The largest absolute Gasteiger partial charge is 0.495 e. The molecule has 0 aliphatic rings. The van der Waals surface area contributed by atoms with Crippen molar-refractivity contribution in [3.63, 3.8) is 0 Å². The number of likely N-dealkylation sites (N-methyl/N-ethyl adjacent to an activating group) is 1. The number of carbonyl (C=O) groups is 4. The molecular formula is C29H35N5O6. The zero-order valence-corrected chi connectivity index (χ0v) is 23.3. The fraction of sp³-hybridized carbons (Fsp3) is 0.310. The molecule has 0 fully saturated rings. The lowest BCUT2D eigenvalue weighted by Gasteiger charge is -2.19. The van der Waals surface area contributed by atoms with Crippen LogP contribution < -0.4 is 20.7 Å². The maximum absolute atomic E-state index is 13.0. The number of carboxylic acids is 1. The Balaban J connectivity index is 1.62. The van der Waals surface area contributed by atoms with Crippen LogP contribution in [0, 0.1) is 13.8 Å². The van der Waals surface area contributed by atoms with Crippen LogP contribution in [-0.4, -0.2) is 58.6 Å². The molecule has 0 bridgehead atoms. The molecule has 4 N–H and O–H groups in total. The van der Waals surface area contributed by atoms with E-state index in [2.05, 4.69) is 16.0 Å². The Labute approximate surface area is 233 Å². The third kappa shape index (κ3) is 7.85. The van der Waals surface area contributed by atoms with Gasteiger partial charge in [0.15, 0.2) is 0 Å². The van der Waals surface area contributed by atoms with Gasteiger partial charge in [-0.3, -0.25) is 9.59 Å². The van der Waals surface area contributed by atoms with E-state index >= 15 is 0 Å². The molecule has 1 unspecified atom stereocenters. The van der Waals surface area contributed by atoms with Gasteiger partial charge in [-0.05, 0) is 54.8 Å². The van der Waals surface area contributed by atoms with E-state index in [0.717, 1.165) is 16.8 Å². The molecule has 4 amide bonds. The Bertz CT molecular complexity index is 1400. The second kappa shape index (κ2) is 13.3. The van der Waals surface area contributed by atoms with Crippen LogP contribution in [0.1, 0.15) is 29.3 Å². The van der Waals surface area contributed by atoms with Gasteiger partial charge in [0.2, 0.25) is 11.8 Å². The van der Waals surface area contributed by atoms with E-state index in [1.165, 1.54) is 14.0 Å². The monoisotopic (exact) mass is 549 g/mol. The van der Waals surface area contributed by atoms with Crippen LogP contribution in [-0.2, 0) is 33.9 Å². The van der Waals surface area contributed by atoms with Crippen molar-refractivity contribution in [1.82, 2.24) is 14.8 Å². The molecule has 212 valence electrons. The highest BCUT2D eigenvalue weighted by atomic mass is 16.5. The first-order valence-electron chi connectivity index (χ1n) is 12.7. The van der Waals surface area contributed by atoms with Crippen molar-refractivity contribution in [1.29, 1.82) is 0 Å². The van der Waals surface area contributed by atoms with E-state index < -0.39 is 23.9 Å². The number of aliphatic carboxylic acids is 1. The van der Waals surface area contributed by atoms with Crippen molar-refractivity contribution in [2.24, 2.45) is 0 Å².